The number of rotatable bonds is 8. The van der Waals surface area contributed by atoms with Crippen LogP contribution in [0.1, 0.15) is 65.7 Å². The maximum absolute atomic E-state index is 3.60. The van der Waals surface area contributed by atoms with E-state index >= 15 is 0 Å². The van der Waals surface area contributed by atoms with Gasteiger partial charge in [0.2, 0.25) is 0 Å². The third-order valence-corrected chi connectivity index (χ3v) is 4.12. The third-order valence-electron chi connectivity index (χ3n) is 4.12. The Kier molecular flexibility index (Phi) is 7.87. The molecule has 2 nitrogen and oxygen atoms in total. The van der Waals surface area contributed by atoms with Crippen molar-refractivity contribution in [3.8, 4) is 0 Å². The van der Waals surface area contributed by atoms with Crippen LogP contribution < -0.4 is 5.32 Å². The second kappa shape index (κ2) is 8.93. The van der Waals surface area contributed by atoms with Crippen molar-refractivity contribution >= 4 is 0 Å². The quantitative estimate of drug-likeness (QED) is 0.654. The lowest BCUT2D eigenvalue weighted by Crippen LogP contribution is -2.47. The maximum atomic E-state index is 3.60. The summed E-state index contributed by atoms with van der Waals surface area (Å²) >= 11 is 0. The van der Waals surface area contributed by atoms with Crippen molar-refractivity contribution in [2.24, 2.45) is 0 Å². The summed E-state index contributed by atoms with van der Waals surface area (Å²) in [4.78, 5) is 2.72. The Balaban J connectivity index is 2.26. The largest absolute Gasteiger partial charge is 0.315 e. The standard InChI is InChI=1S/C15H32N2/c1-4-6-12-16-13-14(3)17(5-2)15-10-8-7-9-11-15/h14-16H,4-13H2,1-3H3. The van der Waals surface area contributed by atoms with Gasteiger partial charge in [-0.05, 0) is 39.3 Å². The average Bonchev–Trinajstić information content (AvgIpc) is 2.37. The van der Waals surface area contributed by atoms with Crippen LogP contribution in [0.3, 0.4) is 0 Å². The molecule has 0 amide bonds. The number of unbranched alkanes of at least 4 members (excludes halogenated alkanes) is 1. The van der Waals surface area contributed by atoms with Crippen molar-refractivity contribution in [3.05, 3.63) is 0 Å². The molecule has 1 fully saturated rings. The van der Waals surface area contributed by atoms with E-state index in [9.17, 15) is 0 Å². The molecule has 0 aromatic rings. The SMILES string of the molecule is CCCCNCC(C)N(CC)C1CCCCC1. The van der Waals surface area contributed by atoms with E-state index in [0.29, 0.717) is 6.04 Å². The van der Waals surface area contributed by atoms with Crippen LogP contribution in [-0.2, 0) is 0 Å². The first-order valence-electron chi connectivity index (χ1n) is 7.76. The third kappa shape index (κ3) is 5.39. The summed E-state index contributed by atoms with van der Waals surface area (Å²) in [6.07, 6.45) is 9.79. The van der Waals surface area contributed by atoms with Gasteiger partial charge in [0.1, 0.15) is 0 Å². The van der Waals surface area contributed by atoms with E-state index in [4.69, 9.17) is 0 Å². The summed E-state index contributed by atoms with van der Waals surface area (Å²) in [6, 6.07) is 1.55. The summed E-state index contributed by atoms with van der Waals surface area (Å²) in [7, 11) is 0. The van der Waals surface area contributed by atoms with Crippen LogP contribution in [0.15, 0.2) is 0 Å². The Morgan fingerprint density at radius 2 is 1.88 bits per heavy atom. The van der Waals surface area contributed by atoms with Gasteiger partial charge in [0, 0.05) is 18.6 Å². The molecule has 0 aliphatic heterocycles. The summed E-state index contributed by atoms with van der Waals surface area (Å²) in [5, 5.41) is 3.60. The lowest BCUT2D eigenvalue weighted by molar-refractivity contribution is 0.118. The molecule has 17 heavy (non-hydrogen) atoms. The van der Waals surface area contributed by atoms with Crippen LogP contribution in [0, 0.1) is 0 Å². The van der Waals surface area contributed by atoms with Gasteiger partial charge < -0.3 is 5.32 Å². The zero-order valence-electron chi connectivity index (χ0n) is 12.2. The number of likely N-dealkylation sites (N-methyl/N-ethyl adjacent to an activating group) is 1. The van der Waals surface area contributed by atoms with Crippen molar-refractivity contribution in [1.82, 2.24) is 10.2 Å². The Morgan fingerprint density at radius 3 is 2.47 bits per heavy atom. The Hall–Kier alpha value is -0.0800. The monoisotopic (exact) mass is 240 g/mol. The normalized spacial score (nSPS) is 19.8. The number of nitrogens with one attached hydrogen (secondary N) is 1. The number of hydrogen-bond donors (Lipinski definition) is 1. The fourth-order valence-corrected chi connectivity index (χ4v) is 3.07. The van der Waals surface area contributed by atoms with E-state index in [0.717, 1.165) is 12.6 Å². The van der Waals surface area contributed by atoms with Gasteiger partial charge in [-0.15, -0.1) is 0 Å². The fraction of sp³-hybridized carbons (Fsp3) is 1.00. The van der Waals surface area contributed by atoms with Crippen molar-refractivity contribution in [2.45, 2.75) is 77.8 Å². The summed E-state index contributed by atoms with van der Waals surface area (Å²) in [5.74, 6) is 0. The molecule has 1 N–H and O–H groups in total. The van der Waals surface area contributed by atoms with Crippen LogP contribution in [0.4, 0.5) is 0 Å². The van der Waals surface area contributed by atoms with Crippen LogP contribution in [0.5, 0.6) is 0 Å². The zero-order chi connectivity index (χ0) is 12.5. The van der Waals surface area contributed by atoms with E-state index in [-0.39, 0.29) is 0 Å². The molecule has 0 heterocycles. The molecule has 0 bridgehead atoms. The molecular weight excluding hydrogens is 208 g/mol. The van der Waals surface area contributed by atoms with Crippen LogP contribution in [0.2, 0.25) is 0 Å². The van der Waals surface area contributed by atoms with E-state index in [2.05, 4.69) is 31.0 Å². The Labute approximate surface area is 108 Å². The first-order chi connectivity index (χ1) is 8.29. The molecule has 1 atom stereocenters. The predicted octanol–water partition coefficient (Wildman–Crippen LogP) is 3.42. The van der Waals surface area contributed by atoms with Crippen molar-refractivity contribution in [3.63, 3.8) is 0 Å². The fourth-order valence-electron chi connectivity index (χ4n) is 3.07. The van der Waals surface area contributed by atoms with Gasteiger partial charge in [-0.2, -0.15) is 0 Å². The highest BCUT2D eigenvalue weighted by molar-refractivity contribution is 4.80. The Morgan fingerprint density at radius 1 is 1.18 bits per heavy atom. The molecule has 0 aromatic heterocycles. The highest BCUT2D eigenvalue weighted by Gasteiger charge is 2.23. The first-order valence-corrected chi connectivity index (χ1v) is 7.76. The van der Waals surface area contributed by atoms with Gasteiger partial charge in [0.15, 0.2) is 0 Å². The van der Waals surface area contributed by atoms with Gasteiger partial charge >= 0.3 is 0 Å². The smallest absolute Gasteiger partial charge is 0.0195 e. The minimum Gasteiger partial charge on any atom is -0.315 e. The van der Waals surface area contributed by atoms with Crippen molar-refractivity contribution in [1.29, 1.82) is 0 Å². The minimum atomic E-state index is 0.694. The Bertz CT molecular complexity index is 176. The average molecular weight is 240 g/mol. The molecule has 0 radical (unpaired) electrons. The lowest BCUT2D eigenvalue weighted by Gasteiger charge is -2.38. The molecular formula is C15H32N2. The van der Waals surface area contributed by atoms with E-state index < -0.39 is 0 Å². The topological polar surface area (TPSA) is 15.3 Å². The van der Waals surface area contributed by atoms with Crippen LogP contribution >= 0.6 is 0 Å². The van der Waals surface area contributed by atoms with Gasteiger partial charge in [-0.1, -0.05) is 39.5 Å². The van der Waals surface area contributed by atoms with Crippen molar-refractivity contribution in [2.75, 3.05) is 19.6 Å². The molecule has 0 aromatic carbocycles. The van der Waals surface area contributed by atoms with E-state index in [1.54, 1.807) is 0 Å². The molecule has 1 aliphatic carbocycles. The highest BCUT2D eigenvalue weighted by Crippen LogP contribution is 2.23. The lowest BCUT2D eigenvalue weighted by atomic mass is 9.93. The maximum Gasteiger partial charge on any atom is 0.0195 e. The second-order valence-corrected chi connectivity index (χ2v) is 5.53. The predicted molar refractivity (Wildman–Crippen MR) is 76.5 cm³/mol. The summed E-state index contributed by atoms with van der Waals surface area (Å²) in [5.41, 5.74) is 0. The summed E-state index contributed by atoms with van der Waals surface area (Å²) in [6.45, 7) is 10.5. The molecule has 0 spiro atoms. The summed E-state index contributed by atoms with van der Waals surface area (Å²) < 4.78 is 0. The van der Waals surface area contributed by atoms with Gasteiger partial charge in [0.05, 0.1) is 0 Å². The molecule has 0 saturated heterocycles. The van der Waals surface area contributed by atoms with E-state index in [1.807, 2.05) is 0 Å². The van der Waals surface area contributed by atoms with Crippen LogP contribution in [-0.4, -0.2) is 36.6 Å². The first kappa shape index (κ1) is 15.0. The van der Waals surface area contributed by atoms with Crippen molar-refractivity contribution < 1.29 is 0 Å². The second-order valence-electron chi connectivity index (χ2n) is 5.53. The van der Waals surface area contributed by atoms with Gasteiger partial charge in [-0.25, -0.2) is 0 Å². The van der Waals surface area contributed by atoms with Gasteiger partial charge in [0.25, 0.3) is 0 Å². The zero-order valence-corrected chi connectivity index (χ0v) is 12.2. The number of hydrogen-bond acceptors (Lipinski definition) is 2. The van der Waals surface area contributed by atoms with E-state index in [1.165, 1.54) is 58.0 Å². The minimum absolute atomic E-state index is 0.694. The number of nitrogens with zero attached hydrogens (tertiary/aromatic N) is 1. The molecule has 2 heteroatoms. The van der Waals surface area contributed by atoms with Gasteiger partial charge in [-0.3, -0.25) is 4.90 Å². The van der Waals surface area contributed by atoms with Crippen LogP contribution in [0.25, 0.3) is 0 Å². The molecule has 1 aliphatic rings. The molecule has 102 valence electrons. The highest BCUT2D eigenvalue weighted by atomic mass is 15.2. The molecule has 1 saturated carbocycles. The molecule has 1 unspecified atom stereocenters. The molecule has 1 rings (SSSR count).